The van der Waals surface area contributed by atoms with Crippen LogP contribution in [0.1, 0.15) is 33.6 Å². The summed E-state index contributed by atoms with van der Waals surface area (Å²) in [4.78, 5) is 13.0. The molecule has 0 saturated heterocycles. The molecule has 6 heteroatoms. The van der Waals surface area contributed by atoms with Crippen molar-refractivity contribution in [1.29, 1.82) is 0 Å². The molecule has 1 N–H and O–H groups in total. The molecule has 1 unspecified atom stereocenters. The maximum atomic E-state index is 11.1. The Kier molecular flexibility index (Phi) is 7.47. The smallest absolute Gasteiger partial charge is 0.310 e. The number of nitrogens with zero attached hydrogens (tertiary/aromatic N) is 2. The molecule has 21 heavy (non-hydrogen) atoms. The van der Waals surface area contributed by atoms with Crippen LogP contribution in [0.3, 0.4) is 0 Å². The summed E-state index contributed by atoms with van der Waals surface area (Å²) in [6.45, 7) is 9.50. The predicted octanol–water partition coefficient (Wildman–Crippen LogP) is 4.17. The first kappa shape index (κ1) is 17.7. The molecule has 0 heterocycles. The lowest BCUT2D eigenvalue weighted by Crippen LogP contribution is -2.25. The third-order valence-electron chi connectivity index (χ3n) is 3.58. The van der Waals surface area contributed by atoms with E-state index in [1.54, 1.807) is 12.1 Å². The number of para-hydroxylation sites is 1. The minimum Gasteiger partial charge on any atom is -0.377 e. The van der Waals surface area contributed by atoms with Gasteiger partial charge in [-0.05, 0) is 51.5 Å². The first-order valence-corrected chi connectivity index (χ1v) is 7.79. The second-order valence-electron chi connectivity index (χ2n) is 5.11. The monoisotopic (exact) mass is 313 g/mol. The van der Waals surface area contributed by atoms with Gasteiger partial charge < -0.3 is 10.2 Å². The minimum atomic E-state index is -0.437. The highest BCUT2D eigenvalue weighted by atomic mass is 35.5. The highest BCUT2D eigenvalue weighted by Crippen LogP contribution is 2.32. The molecular weight excluding hydrogens is 290 g/mol. The number of halogens is 1. The van der Waals surface area contributed by atoms with Crippen LogP contribution in [0.4, 0.5) is 11.4 Å². The molecule has 0 spiro atoms. The number of nitro benzene ring substituents is 1. The molecule has 1 rings (SSSR count). The number of nitro groups is 1. The van der Waals surface area contributed by atoms with Crippen LogP contribution in [0.5, 0.6) is 0 Å². The first-order valence-electron chi connectivity index (χ1n) is 7.41. The Morgan fingerprint density at radius 1 is 1.38 bits per heavy atom. The molecule has 1 aromatic rings. The number of rotatable bonds is 9. The summed E-state index contributed by atoms with van der Waals surface area (Å²) in [5.74, 6) is 0. The normalized spacial score (nSPS) is 12.4. The Morgan fingerprint density at radius 2 is 2.05 bits per heavy atom. The Morgan fingerprint density at radius 3 is 2.62 bits per heavy atom. The van der Waals surface area contributed by atoms with Crippen molar-refractivity contribution in [3.63, 3.8) is 0 Å². The maximum absolute atomic E-state index is 11.1. The zero-order chi connectivity index (χ0) is 15.8. The van der Waals surface area contributed by atoms with E-state index < -0.39 is 4.92 Å². The van der Waals surface area contributed by atoms with Crippen molar-refractivity contribution in [3.05, 3.63) is 33.3 Å². The van der Waals surface area contributed by atoms with E-state index in [0.29, 0.717) is 5.69 Å². The van der Waals surface area contributed by atoms with Gasteiger partial charge in [0.1, 0.15) is 10.7 Å². The van der Waals surface area contributed by atoms with Gasteiger partial charge >= 0.3 is 5.69 Å². The van der Waals surface area contributed by atoms with Crippen molar-refractivity contribution in [2.45, 2.75) is 39.7 Å². The first-order chi connectivity index (χ1) is 9.99. The van der Waals surface area contributed by atoms with Crippen LogP contribution in [-0.4, -0.2) is 35.5 Å². The molecule has 0 bridgehead atoms. The van der Waals surface area contributed by atoms with E-state index in [4.69, 9.17) is 11.6 Å². The van der Waals surface area contributed by atoms with E-state index in [1.165, 1.54) is 6.07 Å². The summed E-state index contributed by atoms with van der Waals surface area (Å²) in [6.07, 6.45) is 2.02. The zero-order valence-electron chi connectivity index (χ0n) is 12.9. The number of hydrogen-bond acceptors (Lipinski definition) is 4. The van der Waals surface area contributed by atoms with E-state index in [1.807, 2.05) is 6.92 Å². The van der Waals surface area contributed by atoms with Crippen LogP contribution < -0.4 is 5.32 Å². The van der Waals surface area contributed by atoms with Gasteiger partial charge in [0, 0.05) is 6.04 Å². The molecule has 1 aromatic carbocycles. The van der Waals surface area contributed by atoms with Gasteiger partial charge in [-0.2, -0.15) is 0 Å². The molecule has 0 aliphatic rings. The fraction of sp³-hybridized carbons (Fsp3) is 0.600. The number of hydrogen-bond donors (Lipinski definition) is 1. The second-order valence-corrected chi connectivity index (χ2v) is 5.51. The lowest BCUT2D eigenvalue weighted by Gasteiger charge is -2.20. The molecule has 0 aromatic heterocycles. The Balaban J connectivity index is 2.57. The standard InChI is InChI=1S/C15H24ClN3O2/c1-4-18(5-2)11-7-8-12(3)17-14-10-6-9-13(16)15(14)19(20)21/h6,9-10,12,17H,4-5,7-8,11H2,1-3H3. The second kappa shape index (κ2) is 8.85. The third kappa shape index (κ3) is 5.52. The Hall–Kier alpha value is -1.33. The average Bonchev–Trinajstić information content (AvgIpc) is 2.43. The van der Waals surface area contributed by atoms with Crippen molar-refractivity contribution in [2.24, 2.45) is 0 Å². The van der Waals surface area contributed by atoms with Crippen molar-refractivity contribution in [1.82, 2.24) is 4.90 Å². The third-order valence-corrected chi connectivity index (χ3v) is 3.88. The number of nitrogens with one attached hydrogen (secondary N) is 1. The molecular formula is C15H24ClN3O2. The topological polar surface area (TPSA) is 58.4 Å². The molecule has 0 aliphatic carbocycles. The van der Waals surface area contributed by atoms with Gasteiger partial charge in [-0.1, -0.05) is 31.5 Å². The summed E-state index contributed by atoms with van der Waals surface area (Å²) in [6, 6.07) is 5.12. The molecule has 118 valence electrons. The van der Waals surface area contributed by atoms with Crippen LogP contribution in [0.25, 0.3) is 0 Å². The van der Waals surface area contributed by atoms with Gasteiger partial charge in [-0.15, -0.1) is 0 Å². The predicted molar refractivity (Wildman–Crippen MR) is 88.2 cm³/mol. The van der Waals surface area contributed by atoms with Crippen LogP contribution >= 0.6 is 11.6 Å². The molecule has 0 aliphatic heterocycles. The molecule has 0 saturated carbocycles. The van der Waals surface area contributed by atoms with Crippen molar-refractivity contribution in [3.8, 4) is 0 Å². The van der Waals surface area contributed by atoms with E-state index in [0.717, 1.165) is 32.5 Å². The van der Waals surface area contributed by atoms with Gasteiger partial charge in [-0.25, -0.2) is 0 Å². The fourth-order valence-corrected chi connectivity index (χ4v) is 2.56. The lowest BCUT2D eigenvalue weighted by atomic mass is 10.1. The van der Waals surface area contributed by atoms with Crippen LogP contribution in [0, 0.1) is 10.1 Å². The molecule has 0 radical (unpaired) electrons. The van der Waals surface area contributed by atoms with Gasteiger partial charge in [0.15, 0.2) is 0 Å². The van der Waals surface area contributed by atoms with E-state index in [9.17, 15) is 10.1 Å². The van der Waals surface area contributed by atoms with Gasteiger partial charge in [0.05, 0.1) is 4.92 Å². The van der Waals surface area contributed by atoms with Gasteiger partial charge in [0.2, 0.25) is 0 Å². The molecule has 5 nitrogen and oxygen atoms in total. The summed E-state index contributed by atoms with van der Waals surface area (Å²) < 4.78 is 0. The molecule has 0 amide bonds. The van der Waals surface area contributed by atoms with Crippen LogP contribution in [-0.2, 0) is 0 Å². The molecule has 0 fully saturated rings. The molecule has 1 atom stereocenters. The van der Waals surface area contributed by atoms with Crippen molar-refractivity contribution < 1.29 is 4.92 Å². The van der Waals surface area contributed by atoms with E-state index in [2.05, 4.69) is 24.1 Å². The number of benzene rings is 1. The average molecular weight is 314 g/mol. The Bertz CT molecular complexity index is 464. The summed E-state index contributed by atoms with van der Waals surface area (Å²) in [5.41, 5.74) is 0.442. The van der Waals surface area contributed by atoms with Crippen LogP contribution in [0.2, 0.25) is 5.02 Å². The summed E-state index contributed by atoms with van der Waals surface area (Å²) in [7, 11) is 0. The minimum absolute atomic E-state index is 0.0465. The largest absolute Gasteiger partial charge is 0.377 e. The number of anilines is 1. The fourth-order valence-electron chi connectivity index (χ4n) is 2.32. The SMILES string of the molecule is CCN(CC)CCCC(C)Nc1cccc(Cl)c1[N+](=O)[O-]. The highest BCUT2D eigenvalue weighted by molar-refractivity contribution is 6.33. The van der Waals surface area contributed by atoms with E-state index >= 15 is 0 Å². The quantitative estimate of drug-likeness (QED) is 0.549. The van der Waals surface area contributed by atoms with Crippen molar-refractivity contribution >= 4 is 23.0 Å². The maximum Gasteiger partial charge on any atom is 0.310 e. The van der Waals surface area contributed by atoms with Crippen LogP contribution in [0.15, 0.2) is 18.2 Å². The zero-order valence-corrected chi connectivity index (χ0v) is 13.7. The van der Waals surface area contributed by atoms with Gasteiger partial charge in [-0.3, -0.25) is 10.1 Å². The Labute approximate surface area is 131 Å². The highest BCUT2D eigenvalue weighted by Gasteiger charge is 2.19. The van der Waals surface area contributed by atoms with Gasteiger partial charge in [0.25, 0.3) is 0 Å². The van der Waals surface area contributed by atoms with Crippen molar-refractivity contribution in [2.75, 3.05) is 25.0 Å². The van der Waals surface area contributed by atoms with E-state index in [-0.39, 0.29) is 16.8 Å². The lowest BCUT2D eigenvalue weighted by molar-refractivity contribution is -0.383. The summed E-state index contributed by atoms with van der Waals surface area (Å²) in [5, 5.41) is 14.4. The summed E-state index contributed by atoms with van der Waals surface area (Å²) >= 11 is 5.90.